The number of hydrogen-bond acceptors (Lipinski definition) is 2. The van der Waals surface area contributed by atoms with Gasteiger partial charge in [-0.05, 0) is 0 Å². The van der Waals surface area contributed by atoms with Gasteiger partial charge in [-0.25, -0.2) is 0 Å². The Morgan fingerprint density at radius 1 is 1.20 bits per heavy atom. The summed E-state index contributed by atoms with van der Waals surface area (Å²) >= 11 is 8.53. The van der Waals surface area contributed by atoms with E-state index in [-0.39, 0.29) is 32.4 Å². The van der Waals surface area contributed by atoms with E-state index >= 15 is 0 Å². The van der Waals surface area contributed by atoms with E-state index in [9.17, 15) is 0 Å². The molecule has 0 spiro atoms. The van der Waals surface area contributed by atoms with Crippen molar-refractivity contribution in [2.24, 2.45) is 0 Å². The second-order valence-electron chi connectivity index (χ2n) is 0.0583. The first-order valence-corrected chi connectivity index (χ1v) is 0.926. The zero-order valence-corrected chi connectivity index (χ0v) is 6.34. The fraction of sp³-hybridized carbons (Fsp3) is 0. The normalized spacial score (nSPS) is 3.60. The topological polar surface area (TPSA) is 44.2 Å². The second kappa shape index (κ2) is 18.2. The minimum absolute atomic E-state index is 0. The largest absolute Gasteiger partial charge is 4.00 e. The van der Waals surface area contributed by atoms with Gasteiger partial charge in [0.2, 0.25) is 0 Å². The molecule has 0 aromatic carbocycles. The summed E-state index contributed by atoms with van der Waals surface area (Å²) in [6.07, 6.45) is 0. The third-order valence-corrected chi connectivity index (χ3v) is 0. The van der Waals surface area contributed by atoms with Crippen molar-refractivity contribution >= 4 is 23.7 Å². The summed E-state index contributed by atoms with van der Waals surface area (Å²) in [4.78, 5) is 0. The third-order valence-electron chi connectivity index (χ3n) is 0. The van der Waals surface area contributed by atoms with Gasteiger partial charge in [0, 0.05) is 0 Å². The Bertz CT molecular complexity index is 9.61. The molecule has 0 aromatic heterocycles. The Morgan fingerprint density at radius 2 is 1.20 bits per heavy atom. The molecular weight excluding hydrogens is 192 g/mol. The smallest absolute Gasteiger partial charge is 0.344 e. The molecule has 0 unspecified atom stereocenters. The van der Waals surface area contributed by atoms with E-state index in [1.165, 1.54) is 0 Å². The molecule has 0 radical (unpaired) electrons. The van der Waals surface area contributed by atoms with Crippen molar-refractivity contribution in [1.82, 2.24) is 6.15 Å². The first-order valence-electron chi connectivity index (χ1n) is 0.309. The predicted octanol–water partition coefficient (Wildman–Crippen LogP) is 1.47. The van der Waals surface area contributed by atoms with Gasteiger partial charge in [0.1, 0.15) is 0 Å². The van der Waals surface area contributed by atoms with Crippen molar-refractivity contribution in [2.75, 3.05) is 0 Å². The Morgan fingerprint density at radius 3 is 1.20 bits per heavy atom. The van der Waals surface area contributed by atoms with Gasteiger partial charge in [-0.3, -0.25) is 0 Å². The van der Waals surface area contributed by atoms with Gasteiger partial charge >= 0.3 is 26.2 Å². The molecular formula is H3Cl2NOZr+4. The SMILES string of the molecule is ClOCl.N.[Zr+4]. The van der Waals surface area contributed by atoms with E-state index in [0.717, 1.165) is 0 Å². The van der Waals surface area contributed by atoms with Gasteiger partial charge in [0.15, 0.2) is 0 Å². The average molecular weight is 195 g/mol. The van der Waals surface area contributed by atoms with Crippen LogP contribution in [0.5, 0.6) is 0 Å². The minimum Gasteiger partial charge on any atom is -0.344 e. The van der Waals surface area contributed by atoms with Crippen molar-refractivity contribution in [1.29, 1.82) is 0 Å². The quantitative estimate of drug-likeness (QED) is 0.636. The molecule has 0 saturated heterocycles. The van der Waals surface area contributed by atoms with Crippen LogP contribution in [-0.2, 0) is 30.0 Å². The van der Waals surface area contributed by atoms with Crippen LogP contribution < -0.4 is 6.15 Å². The van der Waals surface area contributed by atoms with Crippen LogP contribution in [0.3, 0.4) is 0 Å². The molecule has 0 aliphatic rings. The van der Waals surface area contributed by atoms with Crippen molar-refractivity contribution in [3.63, 3.8) is 0 Å². The van der Waals surface area contributed by atoms with Gasteiger partial charge in [0.25, 0.3) is 0 Å². The van der Waals surface area contributed by atoms with Crippen molar-refractivity contribution in [2.45, 2.75) is 0 Å². The summed E-state index contributed by atoms with van der Waals surface area (Å²) in [5.41, 5.74) is 0. The summed E-state index contributed by atoms with van der Waals surface area (Å²) in [5, 5.41) is 0. The van der Waals surface area contributed by atoms with E-state index < -0.39 is 0 Å². The molecule has 5 heavy (non-hydrogen) atoms. The molecule has 0 aliphatic heterocycles. The van der Waals surface area contributed by atoms with Crippen LogP contribution in [0.25, 0.3) is 0 Å². The summed E-state index contributed by atoms with van der Waals surface area (Å²) in [6, 6.07) is 0. The van der Waals surface area contributed by atoms with E-state index in [0.29, 0.717) is 0 Å². The second-order valence-corrected chi connectivity index (χ2v) is 0.525. The first-order chi connectivity index (χ1) is 1.41. The zero-order valence-electron chi connectivity index (χ0n) is 2.37. The van der Waals surface area contributed by atoms with Gasteiger partial charge in [0.05, 0.1) is 23.7 Å². The fourth-order valence-electron chi connectivity index (χ4n) is 0. The Kier molecular flexibility index (Phi) is 58.9. The number of halogens is 2. The first kappa shape index (κ1) is 16.2. The number of rotatable bonds is 0. The maximum atomic E-state index is 4.26. The molecule has 0 rings (SSSR count). The van der Waals surface area contributed by atoms with Crippen LogP contribution in [0, 0.1) is 0 Å². The van der Waals surface area contributed by atoms with Gasteiger partial charge in [-0.15, -0.1) is 0 Å². The van der Waals surface area contributed by atoms with Crippen LogP contribution in [0.1, 0.15) is 0 Å². The Hall–Kier alpha value is 1.38. The predicted molar refractivity (Wildman–Crippen MR) is 17.8 cm³/mol. The van der Waals surface area contributed by atoms with Crippen LogP contribution in [0.4, 0.5) is 0 Å². The third kappa shape index (κ3) is 32.2. The molecule has 0 saturated carbocycles. The molecule has 0 amide bonds. The Labute approximate surface area is 59.8 Å². The standard InChI is InChI=1S/Cl2O.H3N.Zr/c1-3-2;;/h;1H3;/q;;+4. The van der Waals surface area contributed by atoms with E-state index in [1.54, 1.807) is 0 Å². The molecule has 0 fully saturated rings. The van der Waals surface area contributed by atoms with Crippen molar-refractivity contribution < 1.29 is 30.0 Å². The fourth-order valence-corrected chi connectivity index (χ4v) is 0. The van der Waals surface area contributed by atoms with Crippen LogP contribution in [0.2, 0.25) is 0 Å². The maximum absolute atomic E-state index is 4.26. The molecule has 5 heteroatoms. The average Bonchev–Trinajstić information content (AvgIpc) is 0.918. The van der Waals surface area contributed by atoms with Crippen molar-refractivity contribution in [3.8, 4) is 0 Å². The molecule has 0 bridgehead atoms. The Balaban J connectivity index is -0.0000000200. The monoisotopic (exact) mass is 193 g/mol. The van der Waals surface area contributed by atoms with Crippen LogP contribution in [0.15, 0.2) is 0 Å². The molecule has 0 aliphatic carbocycles. The minimum atomic E-state index is 0. The molecule has 3 N–H and O–H groups in total. The summed E-state index contributed by atoms with van der Waals surface area (Å²) in [7, 11) is 0. The molecule has 0 aromatic rings. The summed E-state index contributed by atoms with van der Waals surface area (Å²) < 4.78 is 3.19. The van der Waals surface area contributed by atoms with Gasteiger partial charge in [-0.2, -0.15) is 3.84 Å². The summed E-state index contributed by atoms with van der Waals surface area (Å²) in [5.74, 6) is 0. The van der Waals surface area contributed by atoms with Gasteiger partial charge in [-0.1, -0.05) is 0 Å². The maximum Gasteiger partial charge on any atom is 4.00 e. The van der Waals surface area contributed by atoms with Crippen LogP contribution >= 0.6 is 23.7 Å². The van der Waals surface area contributed by atoms with Crippen LogP contribution in [-0.4, -0.2) is 0 Å². The number of hydrogen-bond donors (Lipinski definition) is 1. The molecule has 0 heterocycles. The van der Waals surface area contributed by atoms with Gasteiger partial charge < -0.3 is 6.15 Å². The van der Waals surface area contributed by atoms with E-state index in [4.69, 9.17) is 0 Å². The van der Waals surface area contributed by atoms with E-state index in [1.807, 2.05) is 0 Å². The van der Waals surface area contributed by atoms with Crippen molar-refractivity contribution in [3.05, 3.63) is 0 Å². The summed E-state index contributed by atoms with van der Waals surface area (Å²) in [6.45, 7) is 0. The zero-order chi connectivity index (χ0) is 2.71. The molecule has 0 atom stereocenters. The molecule has 2 nitrogen and oxygen atoms in total. The van der Waals surface area contributed by atoms with E-state index in [2.05, 4.69) is 27.6 Å². The molecule has 28 valence electrons.